The van der Waals surface area contributed by atoms with Crippen LogP contribution in [0.5, 0.6) is 0 Å². The Labute approximate surface area is 189 Å². The highest BCUT2D eigenvalue weighted by Gasteiger charge is 2.28. The van der Waals surface area contributed by atoms with Crippen molar-refractivity contribution in [1.82, 2.24) is 4.72 Å². The van der Waals surface area contributed by atoms with Crippen LogP contribution >= 0.6 is 34.5 Å². The number of nitrogens with one attached hydrogen (secondary N) is 1. The number of Topliss-reactive ketones (excluding diaryl/α,β-unsaturated/α-hetero) is 1. The third-order valence-corrected chi connectivity index (χ3v) is 7.98. The van der Waals surface area contributed by atoms with E-state index in [-0.39, 0.29) is 29.6 Å². The maximum atomic E-state index is 12.9. The number of halogens is 2. The smallest absolute Gasteiger partial charge is 0.240 e. The molecule has 1 saturated carbocycles. The number of hydrogen-bond acceptors (Lipinski definition) is 4. The van der Waals surface area contributed by atoms with E-state index in [9.17, 15) is 13.2 Å². The van der Waals surface area contributed by atoms with Gasteiger partial charge in [0.05, 0.1) is 14.9 Å². The zero-order valence-electron chi connectivity index (χ0n) is 15.9. The Morgan fingerprint density at radius 2 is 1.83 bits per heavy atom. The molecule has 0 bridgehead atoms. The van der Waals surface area contributed by atoms with Crippen LogP contribution in [-0.2, 0) is 27.7 Å². The molecule has 1 aliphatic carbocycles. The van der Waals surface area contributed by atoms with Gasteiger partial charge in [-0.1, -0.05) is 41.4 Å². The summed E-state index contributed by atoms with van der Waals surface area (Å²) in [5.41, 5.74) is 3.15. The summed E-state index contributed by atoms with van der Waals surface area (Å²) in [4.78, 5) is 13.0. The SMILES string of the molecule is O=C(Cc1cc(S(=O)(=O)NC2CC2)ccc1-c1ccsc1)Cc1cccc(Cl)c1Cl. The van der Waals surface area contributed by atoms with E-state index in [1.165, 1.54) is 0 Å². The van der Waals surface area contributed by atoms with Crippen LogP contribution in [0.2, 0.25) is 10.0 Å². The highest BCUT2D eigenvalue weighted by molar-refractivity contribution is 7.89. The molecule has 0 saturated heterocycles. The summed E-state index contributed by atoms with van der Waals surface area (Å²) in [7, 11) is -3.61. The van der Waals surface area contributed by atoms with Crippen LogP contribution in [0.1, 0.15) is 24.0 Å². The van der Waals surface area contributed by atoms with E-state index in [4.69, 9.17) is 23.2 Å². The number of rotatable bonds is 8. The normalized spacial score (nSPS) is 14.1. The number of sulfonamides is 1. The number of thiophene rings is 1. The summed E-state index contributed by atoms with van der Waals surface area (Å²) in [6, 6.07) is 12.2. The van der Waals surface area contributed by atoms with Crippen LogP contribution in [0.15, 0.2) is 58.1 Å². The maximum absolute atomic E-state index is 12.9. The molecule has 0 unspecified atom stereocenters. The predicted octanol–water partition coefficient (Wildman–Crippen LogP) is 5.52. The first-order valence-corrected chi connectivity index (χ1v) is 12.6. The van der Waals surface area contributed by atoms with Crippen molar-refractivity contribution in [1.29, 1.82) is 0 Å². The summed E-state index contributed by atoms with van der Waals surface area (Å²) >= 11 is 13.8. The van der Waals surface area contributed by atoms with Gasteiger partial charge in [-0.25, -0.2) is 13.1 Å². The van der Waals surface area contributed by atoms with E-state index in [0.29, 0.717) is 21.2 Å². The van der Waals surface area contributed by atoms with Crippen molar-refractivity contribution in [2.45, 2.75) is 36.6 Å². The van der Waals surface area contributed by atoms with Gasteiger partial charge in [0.1, 0.15) is 5.78 Å². The molecule has 156 valence electrons. The van der Waals surface area contributed by atoms with Crippen LogP contribution in [0, 0.1) is 0 Å². The van der Waals surface area contributed by atoms with Crippen molar-refractivity contribution < 1.29 is 13.2 Å². The zero-order valence-corrected chi connectivity index (χ0v) is 19.0. The third kappa shape index (κ3) is 4.95. The number of carbonyl (C=O) groups is 1. The van der Waals surface area contributed by atoms with Gasteiger partial charge in [-0.05, 0) is 70.1 Å². The molecular formula is C22H19Cl2NO3S2. The fourth-order valence-corrected chi connectivity index (χ4v) is 5.64. The Bertz CT molecular complexity index is 1190. The van der Waals surface area contributed by atoms with Gasteiger partial charge in [-0.2, -0.15) is 11.3 Å². The Morgan fingerprint density at radius 1 is 1.07 bits per heavy atom. The lowest BCUT2D eigenvalue weighted by Crippen LogP contribution is -2.25. The Morgan fingerprint density at radius 3 is 2.53 bits per heavy atom. The molecular weight excluding hydrogens is 461 g/mol. The second-order valence-corrected chi connectivity index (χ2v) is 10.6. The van der Waals surface area contributed by atoms with E-state index in [1.54, 1.807) is 47.7 Å². The molecule has 1 fully saturated rings. The predicted molar refractivity (Wildman–Crippen MR) is 122 cm³/mol. The van der Waals surface area contributed by atoms with Crippen LogP contribution in [0.25, 0.3) is 11.1 Å². The van der Waals surface area contributed by atoms with E-state index in [2.05, 4.69) is 4.72 Å². The van der Waals surface area contributed by atoms with Crippen molar-refractivity contribution >= 4 is 50.3 Å². The Hall–Kier alpha value is -1.70. The monoisotopic (exact) mass is 479 g/mol. The van der Waals surface area contributed by atoms with Crippen molar-refractivity contribution in [3.8, 4) is 11.1 Å². The van der Waals surface area contributed by atoms with Crippen LogP contribution < -0.4 is 4.72 Å². The van der Waals surface area contributed by atoms with Crippen molar-refractivity contribution in [2.24, 2.45) is 0 Å². The third-order valence-electron chi connectivity index (χ3n) is 4.93. The Kier molecular flexibility index (Phi) is 6.32. The summed E-state index contributed by atoms with van der Waals surface area (Å²) in [5, 5.41) is 4.70. The largest absolute Gasteiger partial charge is 0.299 e. The minimum absolute atomic E-state index is 0.0154. The number of benzene rings is 2. The molecule has 2 aromatic carbocycles. The number of carbonyl (C=O) groups excluding carboxylic acids is 1. The van der Waals surface area contributed by atoms with E-state index in [1.807, 2.05) is 16.8 Å². The van der Waals surface area contributed by atoms with E-state index >= 15 is 0 Å². The first-order chi connectivity index (χ1) is 14.3. The van der Waals surface area contributed by atoms with Gasteiger partial charge in [0.25, 0.3) is 0 Å². The van der Waals surface area contributed by atoms with Crippen LogP contribution in [-0.4, -0.2) is 20.2 Å². The molecule has 0 spiro atoms. The molecule has 0 aliphatic heterocycles. The van der Waals surface area contributed by atoms with E-state index in [0.717, 1.165) is 24.0 Å². The van der Waals surface area contributed by atoms with Crippen molar-refractivity contribution in [2.75, 3.05) is 0 Å². The topological polar surface area (TPSA) is 63.2 Å². The minimum Gasteiger partial charge on any atom is -0.299 e. The fourth-order valence-electron chi connectivity index (χ4n) is 3.24. The van der Waals surface area contributed by atoms with Gasteiger partial charge >= 0.3 is 0 Å². The lowest BCUT2D eigenvalue weighted by atomic mass is 9.96. The minimum atomic E-state index is -3.61. The van der Waals surface area contributed by atoms with Gasteiger partial charge in [0.2, 0.25) is 10.0 Å². The number of ketones is 1. The fraction of sp³-hybridized carbons (Fsp3) is 0.227. The molecule has 1 heterocycles. The summed E-state index contributed by atoms with van der Waals surface area (Å²) < 4.78 is 28.0. The molecule has 1 N–H and O–H groups in total. The first-order valence-electron chi connectivity index (χ1n) is 9.46. The van der Waals surface area contributed by atoms with Gasteiger partial charge in [-0.3, -0.25) is 4.79 Å². The van der Waals surface area contributed by atoms with Gasteiger partial charge in [0, 0.05) is 18.9 Å². The molecule has 0 radical (unpaired) electrons. The molecule has 0 atom stereocenters. The highest BCUT2D eigenvalue weighted by Crippen LogP contribution is 2.31. The summed E-state index contributed by atoms with van der Waals surface area (Å²) in [6.07, 6.45) is 1.94. The quantitative estimate of drug-likeness (QED) is 0.462. The average Bonchev–Trinajstić information content (AvgIpc) is 3.33. The molecule has 4 nitrogen and oxygen atoms in total. The van der Waals surface area contributed by atoms with Crippen molar-refractivity contribution in [3.05, 3.63) is 74.4 Å². The lowest BCUT2D eigenvalue weighted by Gasteiger charge is -2.12. The summed E-state index contributed by atoms with van der Waals surface area (Å²) in [5.74, 6) is -0.0691. The molecule has 1 aliphatic rings. The van der Waals surface area contributed by atoms with Crippen molar-refractivity contribution in [3.63, 3.8) is 0 Å². The molecule has 1 aromatic heterocycles. The second kappa shape index (κ2) is 8.81. The zero-order chi connectivity index (χ0) is 21.3. The molecule has 30 heavy (non-hydrogen) atoms. The molecule has 3 aromatic rings. The van der Waals surface area contributed by atoms with Gasteiger partial charge < -0.3 is 0 Å². The molecule has 0 amide bonds. The summed E-state index contributed by atoms with van der Waals surface area (Å²) in [6.45, 7) is 0. The average molecular weight is 480 g/mol. The maximum Gasteiger partial charge on any atom is 0.240 e. The second-order valence-electron chi connectivity index (χ2n) is 7.33. The lowest BCUT2D eigenvalue weighted by molar-refractivity contribution is -0.117. The van der Waals surface area contributed by atoms with Gasteiger partial charge in [-0.15, -0.1) is 0 Å². The van der Waals surface area contributed by atoms with E-state index < -0.39 is 10.0 Å². The molecule has 4 rings (SSSR count). The Balaban J connectivity index is 1.64. The van der Waals surface area contributed by atoms with Crippen LogP contribution in [0.4, 0.5) is 0 Å². The molecule has 8 heteroatoms. The first kappa shape index (κ1) is 21.5. The standard InChI is InChI=1S/C22H19Cl2NO3S2/c23-21-3-1-2-14(22(21)24)10-18(26)11-16-12-19(30(27,28)25-17-4-5-17)6-7-20(16)15-8-9-29-13-15/h1-3,6-9,12-13,17,25H,4-5,10-11H2. The highest BCUT2D eigenvalue weighted by atomic mass is 35.5. The van der Waals surface area contributed by atoms with Gasteiger partial charge in [0.15, 0.2) is 0 Å². The van der Waals surface area contributed by atoms with Crippen LogP contribution in [0.3, 0.4) is 0 Å². The number of hydrogen-bond donors (Lipinski definition) is 1.